The molecule has 1 aromatic carbocycles. The predicted octanol–water partition coefficient (Wildman–Crippen LogP) is 3.66. The first-order valence-corrected chi connectivity index (χ1v) is 8.06. The standard InChI is InChI=1S/C17H13Cl2FN2O3/c1-17(19)10-6-7-13(15(23)25-2)21-14(10)22(16(17)24)8-9-11(18)4-3-5-12(9)20/h3-7H,8H2,1-2H3. The van der Waals surface area contributed by atoms with E-state index in [0.29, 0.717) is 5.56 Å². The number of methoxy groups -OCH3 is 1. The number of fused-ring (bicyclic) bond motifs is 1. The molecule has 0 radical (unpaired) electrons. The Labute approximate surface area is 153 Å². The summed E-state index contributed by atoms with van der Waals surface area (Å²) in [7, 11) is 1.23. The zero-order valence-corrected chi connectivity index (χ0v) is 14.9. The number of benzene rings is 1. The Morgan fingerprint density at radius 2 is 2.08 bits per heavy atom. The first-order chi connectivity index (χ1) is 11.8. The fraction of sp³-hybridized carbons (Fsp3) is 0.235. The van der Waals surface area contributed by atoms with Crippen molar-refractivity contribution in [1.82, 2.24) is 4.98 Å². The largest absolute Gasteiger partial charge is 0.464 e. The molecule has 1 aliphatic rings. The zero-order chi connectivity index (χ0) is 18.4. The number of esters is 1. The monoisotopic (exact) mass is 382 g/mol. The van der Waals surface area contributed by atoms with Gasteiger partial charge in [-0.1, -0.05) is 23.7 Å². The first kappa shape index (κ1) is 17.6. The summed E-state index contributed by atoms with van der Waals surface area (Å²) < 4.78 is 18.8. The summed E-state index contributed by atoms with van der Waals surface area (Å²) in [4.78, 5) is 28.5. The quantitative estimate of drug-likeness (QED) is 0.600. The third kappa shape index (κ3) is 2.85. The molecule has 8 heteroatoms. The van der Waals surface area contributed by atoms with Gasteiger partial charge in [0.15, 0.2) is 5.69 Å². The number of anilines is 1. The van der Waals surface area contributed by atoms with Gasteiger partial charge in [0.2, 0.25) is 0 Å². The number of hydrogen-bond acceptors (Lipinski definition) is 4. The van der Waals surface area contributed by atoms with Gasteiger partial charge in [-0.05, 0) is 25.1 Å². The summed E-state index contributed by atoms with van der Waals surface area (Å²) in [6.07, 6.45) is 0. The Morgan fingerprint density at radius 3 is 2.72 bits per heavy atom. The molecule has 3 rings (SSSR count). The van der Waals surface area contributed by atoms with E-state index in [1.54, 1.807) is 6.07 Å². The van der Waals surface area contributed by atoms with Crippen molar-refractivity contribution in [3.8, 4) is 0 Å². The molecule has 0 spiro atoms. The van der Waals surface area contributed by atoms with Crippen molar-refractivity contribution in [2.75, 3.05) is 12.0 Å². The van der Waals surface area contributed by atoms with E-state index >= 15 is 0 Å². The van der Waals surface area contributed by atoms with Crippen LogP contribution in [0.1, 0.15) is 28.5 Å². The van der Waals surface area contributed by atoms with Crippen LogP contribution in [0.25, 0.3) is 0 Å². The van der Waals surface area contributed by atoms with Crippen molar-refractivity contribution in [1.29, 1.82) is 0 Å². The van der Waals surface area contributed by atoms with Crippen LogP contribution < -0.4 is 4.90 Å². The van der Waals surface area contributed by atoms with Gasteiger partial charge < -0.3 is 4.74 Å². The minimum absolute atomic E-state index is 0.0213. The van der Waals surface area contributed by atoms with Gasteiger partial charge in [0.05, 0.1) is 13.7 Å². The van der Waals surface area contributed by atoms with Gasteiger partial charge in [0.1, 0.15) is 16.5 Å². The number of hydrogen-bond donors (Lipinski definition) is 0. The molecule has 1 amide bonds. The highest BCUT2D eigenvalue weighted by Crippen LogP contribution is 2.44. The topological polar surface area (TPSA) is 59.5 Å². The van der Waals surface area contributed by atoms with Gasteiger partial charge in [-0.2, -0.15) is 0 Å². The molecule has 0 fully saturated rings. The lowest BCUT2D eigenvalue weighted by Crippen LogP contribution is -2.34. The molecule has 1 unspecified atom stereocenters. The molecule has 0 saturated carbocycles. The number of carbonyl (C=O) groups is 2. The number of ether oxygens (including phenoxy) is 1. The third-order valence-corrected chi connectivity index (χ3v) is 4.78. The number of aromatic nitrogens is 1. The fourth-order valence-electron chi connectivity index (χ4n) is 2.69. The van der Waals surface area contributed by atoms with Crippen LogP contribution in [0.4, 0.5) is 10.2 Å². The Balaban J connectivity index is 2.10. The molecule has 25 heavy (non-hydrogen) atoms. The number of amides is 1. The lowest BCUT2D eigenvalue weighted by Gasteiger charge is -2.19. The van der Waals surface area contributed by atoms with Crippen LogP contribution in [0.5, 0.6) is 0 Å². The van der Waals surface area contributed by atoms with Crippen LogP contribution in [0, 0.1) is 5.82 Å². The van der Waals surface area contributed by atoms with Crippen molar-refractivity contribution >= 4 is 40.9 Å². The maximum absolute atomic E-state index is 14.1. The first-order valence-electron chi connectivity index (χ1n) is 7.31. The Hall–Kier alpha value is -2.18. The Kier molecular flexibility index (Phi) is 4.43. The molecule has 1 aromatic heterocycles. The van der Waals surface area contributed by atoms with Gasteiger partial charge in [-0.15, -0.1) is 11.6 Å². The smallest absolute Gasteiger partial charge is 0.356 e. The second-order valence-electron chi connectivity index (χ2n) is 5.65. The molecule has 5 nitrogen and oxygen atoms in total. The van der Waals surface area contributed by atoms with Crippen LogP contribution in [0.2, 0.25) is 5.02 Å². The van der Waals surface area contributed by atoms with E-state index in [1.807, 2.05) is 0 Å². The summed E-state index contributed by atoms with van der Waals surface area (Å²) in [6.45, 7) is 1.37. The molecule has 0 saturated heterocycles. The summed E-state index contributed by atoms with van der Waals surface area (Å²) in [6, 6.07) is 7.22. The number of pyridine rings is 1. The SMILES string of the molecule is COC(=O)c1ccc2c(n1)N(Cc1c(F)cccc1Cl)C(=O)C2(C)Cl. The average molecular weight is 383 g/mol. The number of carbonyl (C=O) groups excluding carboxylic acids is 2. The van der Waals surface area contributed by atoms with E-state index in [0.717, 1.165) is 0 Å². The van der Waals surface area contributed by atoms with Gasteiger partial charge in [0.25, 0.3) is 5.91 Å². The molecule has 0 bridgehead atoms. The second-order valence-corrected chi connectivity index (χ2v) is 6.82. The molecule has 1 atom stereocenters. The van der Waals surface area contributed by atoms with Gasteiger partial charge in [-0.3, -0.25) is 9.69 Å². The lowest BCUT2D eigenvalue weighted by atomic mass is 10.0. The van der Waals surface area contributed by atoms with E-state index in [-0.39, 0.29) is 28.6 Å². The van der Waals surface area contributed by atoms with Crippen molar-refractivity contribution in [3.05, 3.63) is 58.0 Å². The van der Waals surface area contributed by atoms with E-state index in [1.165, 1.54) is 43.2 Å². The molecule has 2 aromatic rings. The van der Waals surface area contributed by atoms with E-state index < -0.39 is 22.6 Å². The number of rotatable bonds is 3. The summed E-state index contributed by atoms with van der Waals surface area (Å²) in [5.74, 6) is -1.49. The van der Waals surface area contributed by atoms with Gasteiger partial charge in [-0.25, -0.2) is 14.2 Å². The number of halogens is 3. The molecule has 130 valence electrons. The minimum atomic E-state index is -1.37. The predicted molar refractivity (Wildman–Crippen MR) is 91.4 cm³/mol. The van der Waals surface area contributed by atoms with E-state index in [2.05, 4.69) is 9.72 Å². The van der Waals surface area contributed by atoms with Crippen LogP contribution in [0.15, 0.2) is 30.3 Å². The summed E-state index contributed by atoms with van der Waals surface area (Å²) in [5, 5.41) is 0.182. The van der Waals surface area contributed by atoms with Crippen LogP contribution in [0.3, 0.4) is 0 Å². The van der Waals surface area contributed by atoms with Crippen molar-refractivity contribution in [2.45, 2.75) is 18.3 Å². The van der Waals surface area contributed by atoms with Crippen molar-refractivity contribution in [2.24, 2.45) is 0 Å². The van der Waals surface area contributed by atoms with Crippen LogP contribution >= 0.6 is 23.2 Å². The van der Waals surface area contributed by atoms with Gasteiger partial charge in [0, 0.05) is 16.1 Å². The van der Waals surface area contributed by atoms with Crippen LogP contribution in [-0.2, 0) is 21.0 Å². The highest BCUT2D eigenvalue weighted by Gasteiger charge is 2.47. The van der Waals surface area contributed by atoms with E-state index in [4.69, 9.17) is 23.2 Å². The highest BCUT2D eigenvalue weighted by atomic mass is 35.5. The Bertz CT molecular complexity index is 866. The van der Waals surface area contributed by atoms with Gasteiger partial charge >= 0.3 is 5.97 Å². The molecular formula is C17H13Cl2FN2O3. The number of nitrogens with zero attached hydrogens (tertiary/aromatic N) is 2. The maximum atomic E-state index is 14.1. The van der Waals surface area contributed by atoms with Crippen molar-refractivity contribution in [3.63, 3.8) is 0 Å². The normalized spacial score (nSPS) is 19.1. The molecular weight excluding hydrogens is 370 g/mol. The molecule has 0 N–H and O–H groups in total. The highest BCUT2D eigenvalue weighted by molar-refractivity contribution is 6.39. The average Bonchev–Trinajstić information content (AvgIpc) is 2.77. The lowest BCUT2D eigenvalue weighted by molar-refractivity contribution is -0.120. The second kappa shape index (κ2) is 6.28. The molecule has 2 heterocycles. The number of alkyl halides is 1. The fourth-order valence-corrected chi connectivity index (χ4v) is 3.16. The van der Waals surface area contributed by atoms with Crippen LogP contribution in [-0.4, -0.2) is 24.0 Å². The zero-order valence-electron chi connectivity index (χ0n) is 13.3. The molecule has 1 aliphatic heterocycles. The maximum Gasteiger partial charge on any atom is 0.356 e. The molecule has 0 aliphatic carbocycles. The Morgan fingerprint density at radius 1 is 1.36 bits per heavy atom. The summed E-state index contributed by atoms with van der Waals surface area (Å²) >= 11 is 12.4. The third-order valence-electron chi connectivity index (χ3n) is 4.06. The minimum Gasteiger partial charge on any atom is -0.464 e. The summed E-state index contributed by atoms with van der Waals surface area (Å²) in [5.41, 5.74) is 0.593. The van der Waals surface area contributed by atoms with E-state index in [9.17, 15) is 14.0 Å². The van der Waals surface area contributed by atoms with Crippen molar-refractivity contribution < 1.29 is 18.7 Å².